The normalized spacial score (nSPS) is 22.6. The maximum atomic E-state index is 12.1. The van der Waals surface area contributed by atoms with Crippen molar-refractivity contribution in [3.05, 3.63) is 0 Å². The molecule has 2 aliphatic heterocycles. The molecule has 0 aromatic carbocycles. The zero-order valence-electron chi connectivity index (χ0n) is 13.7. The van der Waals surface area contributed by atoms with Gasteiger partial charge in [-0.15, -0.1) is 12.4 Å². The van der Waals surface area contributed by atoms with Crippen molar-refractivity contribution in [3.8, 4) is 0 Å². The molecule has 5 nitrogen and oxygen atoms in total. The van der Waals surface area contributed by atoms with Crippen LogP contribution in [0.25, 0.3) is 0 Å². The van der Waals surface area contributed by atoms with E-state index in [1.165, 1.54) is 6.42 Å². The second-order valence-electron chi connectivity index (χ2n) is 6.18. The molecule has 1 amide bonds. The lowest BCUT2D eigenvalue weighted by Crippen LogP contribution is -2.39. The first-order valence-corrected chi connectivity index (χ1v) is 8.41. The van der Waals surface area contributed by atoms with Crippen LogP contribution in [0.2, 0.25) is 0 Å². The summed E-state index contributed by atoms with van der Waals surface area (Å²) in [4.78, 5) is 14.1. The van der Waals surface area contributed by atoms with Crippen molar-refractivity contribution in [1.82, 2.24) is 10.2 Å². The Labute approximate surface area is 140 Å². The third-order valence-electron chi connectivity index (χ3n) is 4.56. The quantitative estimate of drug-likeness (QED) is 0.688. The van der Waals surface area contributed by atoms with Crippen molar-refractivity contribution >= 4 is 18.3 Å². The topological polar surface area (TPSA) is 50.8 Å². The molecular formula is C16H31ClN2O3. The summed E-state index contributed by atoms with van der Waals surface area (Å²) in [6.45, 7) is 4.93. The predicted molar refractivity (Wildman–Crippen MR) is 89.5 cm³/mol. The Hall–Kier alpha value is -0.360. The van der Waals surface area contributed by atoms with E-state index in [0.29, 0.717) is 19.6 Å². The maximum Gasteiger partial charge on any atom is 0.224 e. The fourth-order valence-corrected chi connectivity index (χ4v) is 3.13. The highest BCUT2D eigenvalue weighted by atomic mass is 35.5. The summed E-state index contributed by atoms with van der Waals surface area (Å²) in [7, 11) is 2.00. The molecule has 2 heterocycles. The van der Waals surface area contributed by atoms with Gasteiger partial charge in [0.25, 0.3) is 0 Å². The smallest absolute Gasteiger partial charge is 0.224 e. The molecule has 130 valence electrons. The van der Waals surface area contributed by atoms with E-state index >= 15 is 0 Å². The van der Waals surface area contributed by atoms with E-state index < -0.39 is 0 Å². The van der Waals surface area contributed by atoms with Crippen LogP contribution in [-0.2, 0) is 14.3 Å². The first kappa shape index (κ1) is 19.7. The second-order valence-corrected chi connectivity index (χ2v) is 6.18. The van der Waals surface area contributed by atoms with Gasteiger partial charge in [-0.25, -0.2) is 0 Å². The number of rotatable bonds is 8. The lowest BCUT2D eigenvalue weighted by molar-refractivity contribution is -0.134. The number of piperidine rings is 1. The van der Waals surface area contributed by atoms with E-state index in [4.69, 9.17) is 9.47 Å². The minimum absolute atomic E-state index is 0. The molecule has 0 aliphatic carbocycles. The van der Waals surface area contributed by atoms with Gasteiger partial charge in [0.2, 0.25) is 5.91 Å². The Kier molecular flexibility index (Phi) is 10.0. The van der Waals surface area contributed by atoms with Crippen LogP contribution < -0.4 is 5.32 Å². The molecule has 1 atom stereocenters. The van der Waals surface area contributed by atoms with Crippen LogP contribution in [0.3, 0.4) is 0 Å². The van der Waals surface area contributed by atoms with Gasteiger partial charge in [-0.1, -0.05) is 0 Å². The molecule has 0 aromatic rings. The lowest BCUT2D eigenvalue weighted by atomic mass is 9.93. The molecule has 2 saturated heterocycles. The Bertz CT molecular complexity index is 304. The average molecular weight is 335 g/mol. The van der Waals surface area contributed by atoms with Gasteiger partial charge in [0, 0.05) is 19.7 Å². The average Bonchev–Trinajstić information content (AvgIpc) is 3.03. The number of halogens is 1. The summed E-state index contributed by atoms with van der Waals surface area (Å²) < 4.78 is 11.1. The third-order valence-corrected chi connectivity index (χ3v) is 4.56. The summed E-state index contributed by atoms with van der Waals surface area (Å²) in [5, 5.41) is 3.20. The van der Waals surface area contributed by atoms with Crippen LogP contribution in [0.1, 0.15) is 38.5 Å². The first-order valence-electron chi connectivity index (χ1n) is 8.41. The number of ether oxygens (including phenoxy) is 2. The van der Waals surface area contributed by atoms with E-state index in [1.54, 1.807) is 0 Å². The fourth-order valence-electron chi connectivity index (χ4n) is 3.13. The van der Waals surface area contributed by atoms with Gasteiger partial charge in [0.1, 0.15) is 0 Å². The number of carbonyl (C=O) groups is 1. The molecule has 0 aromatic heterocycles. The number of nitrogens with zero attached hydrogens (tertiary/aromatic N) is 1. The largest absolute Gasteiger partial charge is 0.378 e. The van der Waals surface area contributed by atoms with Crippen LogP contribution in [0.4, 0.5) is 0 Å². The minimum atomic E-state index is 0. The van der Waals surface area contributed by atoms with E-state index in [-0.39, 0.29) is 24.4 Å². The zero-order valence-corrected chi connectivity index (χ0v) is 14.5. The number of nitrogens with one attached hydrogen (secondary N) is 1. The SMILES string of the molecule is CNCCC1CCN(C(=O)CCOCC2CCCO2)CC1.Cl. The summed E-state index contributed by atoms with van der Waals surface area (Å²) in [5.74, 6) is 1.02. The fraction of sp³-hybridized carbons (Fsp3) is 0.938. The third kappa shape index (κ3) is 6.82. The number of hydrogen-bond acceptors (Lipinski definition) is 4. The van der Waals surface area contributed by atoms with Crippen molar-refractivity contribution in [2.45, 2.75) is 44.6 Å². The van der Waals surface area contributed by atoms with Crippen molar-refractivity contribution in [2.75, 3.05) is 46.5 Å². The molecule has 0 radical (unpaired) electrons. The van der Waals surface area contributed by atoms with Gasteiger partial charge >= 0.3 is 0 Å². The number of carbonyl (C=O) groups excluding carboxylic acids is 1. The van der Waals surface area contributed by atoms with Crippen LogP contribution in [0, 0.1) is 5.92 Å². The van der Waals surface area contributed by atoms with Gasteiger partial charge in [-0.2, -0.15) is 0 Å². The highest BCUT2D eigenvalue weighted by Gasteiger charge is 2.22. The zero-order chi connectivity index (χ0) is 14.9. The van der Waals surface area contributed by atoms with E-state index in [2.05, 4.69) is 5.32 Å². The monoisotopic (exact) mass is 334 g/mol. The summed E-state index contributed by atoms with van der Waals surface area (Å²) in [6, 6.07) is 0. The van der Waals surface area contributed by atoms with Crippen LogP contribution in [-0.4, -0.2) is 63.4 Å². The molecule has 0 spiro atoms. The number of likely N-dealkylation sites (tertiary alicyclic amines) is 1. The number of hydrogen-bond donors (Lipinski definition) is 1. The van der Waals surface area contributed by atoms with Crippen LogP contribution >= 0.6 is 12.4 Å². The van der Waals surface area contributed by atoms with E-state index in [0.717, 1.165) is 57.8 Å². The van der Waals surface area contributed by atoms with E-state index in [9.17, 15) is 4.79 Å². The first-order chi connectivity index (χ1) is 10.3. The molecule has 2 rings (SSSR count). The standard InChI is InChI=1S/C16H30N2O3.ClH/c1-17-8-4-14-5-9-18(10-6-14)16(19)7-12-20-13-15-3-2-11-21-15;/h14-15,17H,2-13H2,1H3;1H. The lowest BCUT2D eigenvalue weighted by Gasteiger charge is -2.32. The molecule has 1 N–H and O–H groups in total. The van der Waals surface area contributed by atoms with Gasteiger partial charge in [-0.3, -0.25) is 4.79 Å². The van der Waals surface area contributed by atoms with Crippen molar-refractivity contribution in [1.29, 1.82) is 0 Å². The van der Waals surface area contributed by atoms with Crippen molar-refractivity contribution in [3.63, 3.8) is 0 Å². The Morgan fingerprint density at radius 3 is 2.73 bits per heavy atom. The van der Waals surface area contributed by atoms with Crippen molar-refractivity contribution < 1.29 is 14.3 Å². The van der Waals surface area contributed by atoms with Crippen LogP contribution in [0.15, 0.2) is 0 Å². The summed E-state index contributed by atoms with van der Waals surface area (Å²) in [5.41, 5.74) is 0. The Morgan fingerprint density at radius 2 is 2.09 bits per heavy atom. The van der Waals surface area contributed by atoms with Gasteiger partial charge in [0.15, 0.2) is 0 Å². The van der Waals surface area contributed by atoms with Gasteiger partial charge in [0.05, 0.1) is 25.7 Å². The summed E-state index contributed by atoms with van der Waals surface area (Å²) in [6.07, 6.45) is 6.50. The van der Waals surface area contributed by atoms with Crippen LogP contribution in [0.5, 0.6) is 0 Å². The highest BCUT2D eigenvalue weighted by Crippen LogP contribution is 2.20. The molecule has 2 fully saturated rings. The molecule has 0 bridgehead atoms. The molecule has 0 saturated carbocycles. The molecule has 1 unspecified atom stereocenters. The highest BCUT2D eigenvalue weighted by molar-refractivity contribution is 5.85. The predicted octanol–water partition coefficient (Wildman–Crippen LogP) is 1.84. The van der Waals surface area contributed by atoms with Crippen molar-refractivity contribution in [2.24, 2.45) is 5.92 Å². The Morgan fingerprint density at radius 1 is 1.32 bits per heavy atom. The number of amides is 1. The molecular weight excluding hydrogens is 304 g/mol. The maximum absolute atomic E-state index is 12.1. The van der Waals surface area contributed by atoms with E-state index in [1.807, 2.05) is 11.9 Å². The second kappa shape index (κ2) is 11.2. The minimum Gasteiger partial charge on any atom is -0.378 e. The molecule has 2 aliphatic rings. The van der Waals surface area contributed by atoms with Gasteiger partial charge in [-0.05, 0) is 51.6 Å². The Balaban J connectivity index is 0.00000242. The van der Waals surface area contributed by atoms with Gasteiger partial charge < -0.3 is 19.7 Å². The summed E-state index contributed by atoms with van der Waals surface area (Å²) >= 11 is 0. The molecule has 6 heteroatoms. The molecule has 22 heavy (non-hydrogen) atoms.